The number of nitrogens with zero attached hydrogens (tertiary/aromatic N) is 4. The molecule has 1 fully saturated rings. The third-order valence-electron chi connectivity index (χ3n) is 4.94. The van der Waals surface area contributed by atoms with Crippen LogP contribution in [0.25, 0.3) is 21.7 Å². The summed E-state index contributed by atoms with van der Waals surface area (Å²) in [6, 6.07) is 5.37. The van der Waals surface area contributed by atoms with E-state index in [0.717, 1.165) is 9.75 Å². The minimum atomic E-state index is -0.453. The van der Waals surface area contributed by atoms with Gasteiger partial charge < -0.3 is 20.1 Å². The molecule has 0 unspecified atom stereocenters. The van der Waals surface area contributed by atoms with Crippen molar-refractivity contribution in [1.82, 2.24) is 19.9 Å². The van der Waals surface area contributed by atoms with E-state index in [-0.39, 0.29) is 5.91 Å². The zero-order valence-corrected chi connectivity index (χ0v) is 16.6. The molecule has 4 rings (SSSR count). The molecule has 4 heterocycles. The van der Waals surface area contributed by atoms with Crippen molar-refractivity contribution in [2.24, 2.45) is 5.73 Å². The number of aromatic nitrogens is 2. The molecule has 1 saturated heterocycles. The van der Waals surface area contributed by atoms with Crippen molar-refractivity contribution in [3.05, 3.63) is 34.3 Å². The third kappa shape index (κ3) is 3.33. The van der Waals surface area contributed by atoms with Gasteiger partial charge in [-0.05, 0) is 38.5 Å². The molecule has 8 nitrogen and oxygen atoms in total. The van der Waals surface area contributed by atoms with Crippen LogP contribution >= 0.6 is 11.3 Å². The first-order valence-electron chi connectivity index (χ1n) is 9.11. The van der Waals surface area contributed by atoms with Crippen molar-refractivity contribution < 1.29 is 14.1 Å². The summed E-state index contributed by atoms with van der Waals surface area (Å²) in [7, 11) is 0. The molecule has 0 spiro atoms. The van der Waals surface area contributed by atoms with Crippen LogP contribution in [0.1, 0.15) is 27.3 Å². The summed E-state index contributed by atoms with van der Waals surface area (Å²) >= 11 is 1.61. The van der Waals surface area contributed by atoms with E-state index < -0.39 is 6.03 Å². The maximum atomic E-state index is 13.4. The Bertz CT molecular complexity index is 1060. The zero-order chi connectivity index (χ0) is 19.8. The number of nitrogens with two attached hydrogens (primary N) is 1. The fourth-order valence-electron chi connectivity index (χ4n) is 3.47. The molecule has 0 saturated carbocycles. The second-order valence-electron chi connectivity index (χ2n) is 6.88. The van der Waals surface area contributed by atoms with Crippen LogP contribution in [-0.2, 0) is 0 Å². The largest absolute Gasteiger partial charge is 0.351 e. The number of amides is 3. The summed E-state index contributed by atoms with van der Waals surface area (Å²) in [5, 5.41) is 4.64. The summed E-state index contributed by atoms with van der Waals surface area (Å²) in [4.78, 5) is 34.9. The van der Waals surface area contributed by atoms with Gasteiger partial charge in [-0.25, -0.2) is 9.78 Å². The quantitative estimate of drug-likeness (QED) is 0.713. The van der Waals surface area contributed by atoms with Gasteiger partial charge in [-0.1, -0.05) is 5.16 Å². The lowest BCUT2D eigenvalue weighted by atomic mass is 10.1. The van der Waals surface area contributed by atoms with Gasteiger partial charge in [-0.2, -0.15) is 0 Å². The molecule has 3 aromatic rings. The molecule has 2 N–H and O–H groups in total. The molecule has 146 valence electrons. The molecule has 1 aliphatic rings. The molecule has 9 heteroatoms. The third-order valence-corrected chi connectivity index (χ3v) is 5.96. The highest BCUT2D eigenvalue weighted by Crippen LogP contribution is 2.31. The van der Waals surface area contributed by atoms with Gasteiger partial charge >= 0.3 is 6.03 Å². The van der Waals surface area contributed by atoms with Gasteiger partial charge in [0.2, 0.25) is 0 Å². The van der Waals surface area contributed by atoms with E-state index in [1.807, 2.05) is 25.1 Å². The van der Waals surface area contributed by atoms with Crippen LogP contribution < -0.4 is 5.73 Å². The van der Waals surface area contributed by atoms with Crippen LogP contribution in [0.5, 0.6) is 0 Å². The first-order valence-corrected chi connectivity index (χ1v) is 9.93. The number of pyridine rings is 1. The van der Waals surface area contributed by atoms with E-state index in [1.165, 1.54) is 0 Å². The number of hydrogen-bond donors (Lipinski definition) is 1. The summed E-state index contributed by atoms with van der Waals surface area (Å²) in [6.45, 7) is 5.80. The molecule has 1 aliphatic heterocycles. The fourth-order valence-corrected chi connectivity index (χ4v) is 4.30. The average molecular weight is 399 g/mol. The maximum Gasteiger partial charge on any atom is 0.314 e. The van der Waals surface area contributed by atoms with Crippen LogP contribution in [-0.4, -0.2) is 58.1 Å². The minimum absolute atomic E-state index is 0.112. The van der Waals surface area contributed by atoms with E-state index in [1.54, 1.807) is 28.1 Å². The van der Waals surface area contributed by atoms with Gasteiger partial charge in [0, 0.05) is 31.1 Å². The number of thiophene rings is 1. The van der Waals surface area contributed by atoms with E-state index in [0.29, 0.717) is 60.7 Å². The van der Waals surface area contributed by atoms with Crippen LogP contribution in [0.3, 0.4) is 0 Å². The summed E-state index contributed by atoms with van der Waals surface area (Å²) in [5.74, 6) is -0.112. The van der Waals surface area contributed by atoms with Crippen molar-refractivity contribution in [3.63, 3.8) is 0 Å². The normalized spacial score (nSPS) is 15.1. The Balaban J connectivity index is 1.73. The molecule has 0 atom stereocenters. The van der Waals surface area contributed by atoms with Crippen LogP contribution in [0.4, 0.5) is 4.79 Å². The lowest BCUT2D eigenvalue weighted by Gasteiger charge is -2.21. The van der Waals surface area contributed by atoms with E-state index in [4.69, 9.17) is 10.3 Å². The van der Waals surface area contributed by atoms with Gasteiger partial charge in [-0.15, -0.1) is 11.3 Å². The molecule has 0 aromatic carbocycles. The van der Waals surface area contributed by atoms with Crippen molar-refractivity contribution in [3.8, 4) is 10.6 Å². The molecule has 3 amide bonds. The molecule has 0 radical (unpaired) electrons. The first kappa shape index (κ1) is 18.4. The number of hydrogen-bond acceptors (Lipinski definition) is 6. The van der Waals surface area contributed by atoms with Crippen molar-refractivity contribution in [1.29, 1.82) is 0 Å². The van der Waals surface area contributed by atoms with Crippen molar-refractivity contribution >= 4 is 34.4 Å². The number of carbonyl (C=O) groups excluding carboxylic acids is 2. The van der Waals surface area contributed by atoms with Gasteiger partial charge in [0.1, 0.15) is 0 Å². The molecule has 0 bridgehead atoms. The Morgan fingerprint density at radius 1 is 1.14 bits per heavy atom. The Morgan fingerprint density at radius 2 is 1.89 bits per heavy atom. The van der Waals surface area contributed by atoms with Crippen LogP contribution in [0.2, 0.25) is 0 Å². The Labute approximate surface area is 165 Å². The van der Waals surface area contributed by atoms with Gasteiger partial charge in [-0.3, -0.25) is 4.79 Å². The lowest BCUT2D eigenvalue weighted by Crippen LogP contribution is -2.39. The molecule has 3 aromatic heterocycles. The summed E-state index contributed by atoms with van der Waals surface area (Å²) < 4.78 is 5.37. The van der Waals surface area contributed by atoms with E-state index in [2.05, 4.69) is 10.1 Å². The van der Waals surface area contributed by atoms with Crippen molar-refractivity contribution in [2.45, 2.75) is 20.3 Å². The Kier molecular flexibility index (Phi) is 4.76. The van der Waals surface area contributed by atoms with E-state index >= 15 is 0 Å². The second-order valence-corrected chi connectivity index (χ2v) is 8.17. The predicted octanol–water partition coefficient (Wildman–Crippen LogP) is 2.79. The van der Waals surface area contributed by atoms with Crippen LogP contribution in [0.15, 0.2) is 22.7 Å². The maximum absolute atomic E-state index is 13.4. The highest BCUT2D eigenvalue weighted by atomic mass is 32.1. The number of carbonyl (C=O) groups is 2. The lowest BCUT2D eigenvalue weighted by molar-refractivity contribution is 0.0764. The number of rotatable bonds is 2. The monoisotopic (exact) mass is 399 g/mol. The van der Waals surface area contributed by atoms with Gasteiger partial charge in [0.25, 0.3) is 11.6 Å². The molecule has 28 heavy (non-hydrogen) atoms. The number of primary amides is 1. The van der Waals surface area contributed by atoms with Gasteiger partial charge in [0.05, 0.1) is 27.2 Å². The SMILES string of the molecule is Cc1ccc(-c2cc(C(=O)N3CCCN(C(N)=O)CC3)c3c(C)noc3n2)s1. The summed E-state index contributed by atoms with van der Waals surface area (Å²) in [6.07, 6.45) is 0.683. The fraction of sp³-hybridized carbons (Fsp3) is 0.368. The topological polar surface area (TPSA) is 106 Å². The standard InChI is InChI=1S/C19H21N5O3S/c1-11-4-5-15(28-11)14-10-13(16-12(2)22-27-17(16)21-14)18(25)23-6-3-7-24(9-8-23)19(20)26/h4-5,10H,3,6-9H2,1-2H3,(H2,20,26). The molecular weight excluding hydrogens is 378 g/mol. The predicted molar refractivity (Wildman–Crippen MR) is 106 cm³/mol. The number of urea groups is 1. The first-order chi connectivity index (χ1) is 13.4. The minimum Gasteiger partial charge on any atom is -0.351 e. The highest BCUT2D eigenvalue weighted by Gasteiger charge is 2.26. The Hall–Kier alpha value is -2.94. The Morgan fingerprint density at radius 3 is 2.61 bits per heavy atom. The second kappa shape index (κ2) is 7.23. The zero-order valence-electron chi connectivity index (χ0n) is 15.8. The molecule has 0 aliphatic carbocycles. The molecular formula is C19H21N5O3S. The number of fused-ring (bicyclic) bond motifs is 1. The average Bonchev–Trinajstić information content (AvgIpc) is 3.17. The highest BCUT2D eigenvalue weighted by molar-refractivity contribution is 7.15. The van der Waals surface area contributed by atoms with Crippen LogP contribution in [0, 0.1) is 13.8 Å². The van der Waals surface area contributed by atoms with Crippen molar-refractivity contribution in [2.75, 3.05) is 26.2 Å². The van der Waals surface area contributed by atoms with E-state index in [9.17, 15) is 9.59 Å². The summed E-state index contributed by atoms with van der Waals surface area (Å²) in [5.41, 5.74) is 7.60. The van der Waals surface area contributed by atoms with Gasteiger partial charge in [0.15, 0.2) is 0 Å². The number of aryl methyl sites for hydroxylation is 2. The smallest absolute Gasteiger partial charge is 0.314 e.